The number of unbranched alkanes of at least 4 members (excludes halogenated alkanes) is 28. The van der Waals surface area contributed by atoms with E-state index in [1.165, 1.54) is 89.9 Å². The van der Waals surface area contributed by atoms with E-state index < -0.39 is 67.3 Å². The summed E-state index contributed by atoms with van der Waals surface area (Å²) in [5.41, 5.74) is 0. The van der Waals surface area contributed by atoms with Crippen LogP contribution in [-0.4, -0.2) is 89.2 Å². The van der Waals surface area contributed by atoms with Crippen LogP contribution in [0.25, 0.3) is 0 Å². The number of carbonyl (C=O) groups excluding carboxylic acids is 3. The fourth-order valence-corrected chi connectivity index (χ4v) is 9.39. The van der Waals surface area contributed by atoms with Crippen LogP contribution in [-0.2, 0) is 42.9 Å². The smallest absolute Gasteiger partial charge is 0.335 e. The van der Waals surface area contributed by atoms with E-state index in [1.807, 2.05) is 0 Å². The molecule has 1 aliphatic heterocycles. The lowest BCUT2D eigenvalue weighted by molar-refractivity contribution is -0.301. The van der Waals surface area contributed by atoms with E-state index in [-0.39, 0.29) is 25.9 Å². The zero-order valence-corrected chi connectivity index (χ0v) is 50.1. The number of hydrogen-bond acceptors (Lipinski definition) is 11. The van der Waals surface area contributed by atoms with Gasteiger partial charge < -0.3 is 39.0 Å². The predicted octanol–water partition coefficient (Wildman–Crippen LogP) is 16.9. The summed E-state index contributed by atoms with van der Waals surface area (Å²) in [5, 5.41) is 31.5. The Labute approximate surface area is 480 Å². The monoisotopic (exact) mass is 1110 g/mol. The first-order chi connectivity index (χ1) is 38.6. The van der Waals surface area contributed by atoms with Gasteiger partial charge in [-0.05, 0) is 89.9 Å². The lowest BCUT2D eigenvalue weighted by Gasteiger charge is -2.40. The molecular weight excluding hydrogens is 997 g/mol. The Morgan fingerprint density at radius 1 is 0.430 bits per heavy atom. The average molecular weight is 1110 g/mol. The van der Waals surface area contributed by atoms with Crippen LogP contribution in [0.5, 0.6) is 0 Å². The van der Waals surface area contributed by atoms with Crippen LogP contribution in [0, 0.1) is 0 Å². The number of carboxylic acids is 1. The second kappa shape index (κ2) is 54.7. The quantitative estimate of drug-likeness (QED) is 0.0228. The molecule has 1 aliphatic rings. The van der Waals surface area contributed by atoms with Gasteiger partial charge in [0.1, 0.15) is 18.8 Å². The number of hydrogen-bond donors (Lipinski definition) is 3. The summed E-state index contributed by atoms with van der Waals surface area (Å²) < 4.78 is 28.5. The molecule has 0 spiro atoms. The molecule has 0 aromatic rings. The summed E-state index contributed by atoms with van der Waals surface area (Å²) in [6, 6.07) is 0. The normalized spacial score (nSPS) is 18.3. The molecule has 1 fully saturated rings. The van der Waals surface area contributed by atoms with Gasteiger partial charge >= 0.3 is 23.9 Å². The summed E-state index contributed by atoms with van der Waals surface area (Å²) in [6.07, 6.45) is 57.2. The van der Waals surface area contributed by atoms with Crippen molar-refractivity contribution in [2.45, 2.75) is 314 Å². The van der Waals surface area contributed by atoms with Gasteiger partial charge in [-0.2, -0.15) is 0 Å². The Morgan fingerprint density at radius 3 is 1.24 bits per heavy atom. The lowest BCUT2D eigenvalue weighted by Crippen LogP contribution is -2.61. The molecule has 0 aromatic heterocycles. The van der Waals surface area contributed by atoms with Crippen LogP contribution in [0.1, 0.15) is 278 Å². The van der Waals surface area contributed by atoms with E-state index in [9.17, 15) is 34.5 Å². The maximum atomic E-state index is 13.2. The average Bonchev–Trinajstić information content (AvgIpc) is 3.47. The van der Waals surface area contributed by atoms with Gasteiger partial charge in [-0.25, -0.2) is 4.79 Å². The molecule has 12 nitrogen and oxygen atoms in total. The topological polar surface area (TPSA) is 175 Å². The fraction of sp³-hybridized carbons (Fsp3) is 0.761. The van der Waals surface area contributed by atoms with Crippen molar-refractivity contribution in [1.29, 1.82) is 0 Å². The third-order valence-electron chi connectivity index (χ3n) is 14.3. The van der Waals surface area contributed by atoms with Crippen molar-refractivity contribution in [2.75, 3.05) is 13.2 Å². The largest absolute Gasteiger partial charge is 0.479 e. The number of allylic oxidation sites excluding steroid dienone is 12. The summed E-state index contributed by atoms with van der Waals surface area (Å²) >= 11 is 0. The molecular formula is C67H114O12. The standard InChI is InChI=1S/C67H114O12/c1-4-7-10-13-16-19-22-24-26-28-30-32-34-36-39-41-44-47-50-53-59(68)75-56-58(77-60(69)54-51-48-45-43-40-37-35-33-31-29-27-25-23-20-17-14-11-8-5-2)57-76-67-65(63(72)62(71)64(79-67)66(73)74)78-61(70)55-52-49-46-42-38-21-18-15-12-9-6-3/h7,10,16-17,19-20,24-27,30,32,58,62-65,67,71-72H,4-6,8-9,11-15,18,21-23,28-29,31,33-57H2,1-3H3,(H,73,74)/b10-7-,19-16-,20-17-,26-24-,27-25-,32-30-. The Balaban J connectivity index is 2.66. The van der Waals surface area contributed by atoms with E-state index >= 15 is 0 Å². The molecule has 6 unspecified atom stereocenters. The van der Waals surface area contributed by atoms with E-state index in [0.717, 1.165) is 128 Å². The van der Waals surface area contributed by atoms with Crippen LogP contribution < -0.4 is 0 Å². The van der Waals surface area contributed by atoms with Gasteiger partial charge in [-0.15, -0.1) is 0 Å². The molecule has 0 aromatic carbocycles. The molecule has 0 amide bonds. The number of esters is 3. The molecule has 0 bridgehead atoms. The summed E-state index contributed by atoms with van der Waals surface area (Å²) in [5.74, 6) is -3.13. The van der Waals surface area contributed by atoms with Crippen LogP contribution in [0.15, 0.2) is 72.9 Å². The number of aliphatic carboxylic acids is 1. The highest BCUT2D eigenvalue weighted by Gasteiger charge is 2.50. The molecule has 0 radical (unpaired) electrons. The number of aliphatic hydroxyl groups excluding tert-OH is 2. The summed E-state index contributed by atoms with van der Waals surface area (Å²) in [6.45, 7) is 5.85. The summed E-state index contributed by atoms with van der Waals surface area (Å²) in [7, 11) is 0. The van der Waals surface area contributed by atoms with Gasteiger partial charge in [-0.3, -0.25) is 14.4 Å². The fourth-order valence-electron chi connectivity index (χ4n) is 9.39. The van der Waals surface area contributed by atoms with E-state index in [4.69, 9.17) is 23.7 Å². The Kier molecular flexibility index (Phi) is 50.7. The molecule has 1 heterocycles. The molecule has 3 N–H and O–H groups in total. The van der Waals surface area contributed by atoms with Gasteiger partial charge in [-0.1, -0.05) is 241 Å². The molecule has 12 heteroatoms. The van der Waals surface area contributed by atoms with Crippen LogP contribution >= 0.6 is 0 Å². The van der Waals surface area contributed by atoms with Crippen molar-refractivity contribution in [3.8, 4) is 0 Å². The minimum atomic E-state index is -1.90. The molecule has 6 atom stereocenters. The third kappa shape index (κ3) is 44.5. The molecule has 454 valence electrons. The van der Waals surface area contributed by atoms with Crippen molar-refractivity contribution < 1.29 is 58.2 Å². The van der Waals surface area contributed by atoms with Crippen LogP contribution in [0.4, 0.5) is 0 Å². The van der Waals surface area contributed by atoms with E-state index in [1.54, 1.807) is 0 Å². The molecule has 0 aliphatic carbocycles. The second-order valence-corrected chi connectivity index (χ2v) is 21.7. The Morgan fingerprint density at radius 2 is 0.797 bits per heavy atom. The second-order valence-electron chi connectivity index (χ2n) is 21.7. The van der Waals surface area contributed by atoms with Crippen molar-refractivity contribution in [3.05, 3.63) is 72.9 Å². The molecule has 1 saturated heterocycles. The van der Waals surface area contributed by atoms with Gasteiger partial charge in [0.25, 0.3) is 0 Å². The highest BCUT2D eigenvalue weighted by Crippen LogP contribution is 2.27. The maximum Gasteiger partial charge on any atom is 0.335 e. The van der Waals surface area contributed by atoms with Crippen LogP contribution in [0.3, 0.4) is 0 Å². The highest BCUT2D eigenvalue weighted by atomic mass is 16.7. The Bertz CT molecular complexity index is 1650. The molecule has 1 rings (SSSR count). The van der Waals surface area contributed by atoms with Crippen molar-refractivity contribution in [2.24, 2.45) is 0 Å². The molecule has 0 saturated carbocycles. The Hall–Kier alpha value is -3.84. The van der Waals surface area contributed by atoms with Gasteiger partial charge in [0.15, 0.2) is 24.6 Å². The summed E-state index contributed by atoms with van der Waals surface area (Å²) in [4.78, 5) is 51.2. The first kappa shape index (κ1) is 73.2. The van der Waals surface area contributed by atoms with Gasteiger partial charge in [0.2, 0.25) is 0 Å². The SMILES string of the molecule is CC/C=C\C/C=C\C/C=C\C/C=C\CCCCCCCCC(=O)OCC(COC1OC(C(=O)O)C(O)C(O)C1OC(=O)CCCCCCCCCCCCC)OC(=O)CCCCCCCCCCC/C=C\C/C=C\CCCCC. The van der Waals surface area contributed by atoms with Crippen LogP contribution in [0.2, 0.25) is 0 Å². The van der Waals surface area contributed by atoms with Crippen molar-refractivity contribution in [3.63, 3.8) is 0 Å². The zero-order chi connectivity index (χ0) is 57.5. The zero-order valence-electron chi connectivity index (χ0n) is 50.1. The number of carbonyl (C=O) groups is 4. The molecule has 79 heavy (non-hydrogen) atoms. The number of ether oxygens (including phenoxy) is 5. The number of carboxylic acid groups (broad SMARTS) is 1. The van der Waals surface area contributed by atoms with Gasteiger partial charge in [0.05, 0.1) is 6.61 Å². The van der Waals surface area contributed by atoms with Crippen molar-refractivity contribution >= 4 is 23.9 Å². The van der Waals surface area contributed by atoms with Gasteiger partial charge in [0, 0.05) is 19.3 Å². The first-order valence-corrected chi connectivity index (χ1v) is 31.9. The number of rotatable bonds is 54. The highest BCUT2D eigenvalue weighted by molar-refractivity contribution is 5.74. The predicted molar refractivity (Wildman–Crippen MR) is 322 cm³/mol. The minimum absolute atomic E-state index is 0.0597. The van der Waals surface area contributed by atoms with E-state index in [2.05, 4.69) is 93.7 Å². The van der Waals surface area contributed by atoms with E-state index in [0.29, 0.717) is 19.3 Å². The number of aliphatic hydroxyl groups is 2. The third-order valence-corrected chi connectivity index (χ3v) is 14.3. The van der Waals surface area contributed by atoms with Crippen molar-refractivity contribution in [1.82, 2.24) is 0 Å². The maximum absolute atomic E-state index is 13.2. The lowest BCUT2D eigenvalue weighted by atomic mass is 9.98. The first-order valence-electron chi connectivity index (χ1n) is 31.9. The minimum Gasteiger partial charge on any atom is -0.479 e.